The molecule has 5 aromatic rings. The number of aryl methyl sites for hydroxylation is 1. The van der Waals surface area contributed by atoms with Crippen molar-refractivity contribution in [1.29, 1.82) is 0 Å². The first-order valence-electron chi connectivity index (χ1n) is 10.0. The van der Waals surface area contributed by atoms with E-state index in [0.29, 0.717) is 18.2 Å². The Labute approximate surface area is 188 Å². The first-order chi connectivity index (χ1) is 15.7. The van der Waals surface area contributed by atoms with E-state index < -0.39 is 0 Å². The molecule has 0 atom stereocenters. The van der Waals surface area contributed by atoms with Crippen LogP contribution in [-0.2, 0) is 12.3 Å². The van der Waals surface area contributed by atoms with E-state index in [1.54, 1.807) is 24.7 Å². The molecule has 3 heterocycles. The van der Waals surface area contributed by atoms with E-state index in [-0.39, 0.29) is 5.82 Å². The zero-order valence-corrected chi connectivity index (χ0v) is 18.1. The second-order valence-corrected chi connectivity index (χ2v) is 8.17. The Morgan fingerprint density at radius 1 is 0.969 bits per heavy atom. The molecule has 160 valence electrons. The average Bonchev–Trinajstić information content (AvgIpc) is 3.56. The monoisotopic (exact) mass is 446 g/mol. The Morgan fingerprint density at radius 3 is 2.59 bits per heavy atom. The minimum absolute atomic E-state index is 0.295. The number of hydrogen-bond donors (Lipinski definition) is 0. The number of furan rings is 1. The van der Waals surface area contributed by atoms with E-state index in [2.05, 4.69) is 28.2 Å². The number of thioether (sulfide) groups is 1. The lowest BCUT2D eigenvalue weighted by Gasteiger charge is -2.10. The Kier molecular flexibility index (Phi) is 5.60. The molecule has 0 bridgehead atoms. The molecular formula is C24H19FN4O2S. The van der Waals surface area contributed by atoms with E-state index >= 15 is 0 Å². The highest BCUT2D eigenvalue weighted by Gasteiger charge is 2.18. The van der Waals surface area contributed by atoms with E-state index in [1.807, 2.05) is 34.9 Å². The van der Waals surface area contributed by atoms with Crippen LogP contribution in [0.2, 0.25) is 0 Å². The fourth-order valence-electron chi connectivity index (χ4n) is 3.36. The molecule has 6 nitrogen and oxygen atoms in total. The van der Waals surface area contributed by atoms with Crippen molar-refractivity contribution in [2.45, 2.75) is 24.4 Å². The molecule has 0 saturated heterocycles. The predicted octanol–water partition coefficient (Wildman–Crippen LogP) is 5.98. The Hall–Kier alpha value is -3.65. The molecule has 0 fully saturated rings. The Morgan fingerprint density at radius 2 is 1.81 bits per heavy atom. The van der Waals surface area contributed by atoms with Crippen molar-refractivity contribution in [2.75, 3.05) is 0 Å². The maximum absolute atomic E-state index is 13.2. The molecule has 3 aromatic heterocycles. The summed E-state index contributed by atoms with van der Waals surface area (Å²) in [7, 11) is 0. The summed E-state index contributed by atoms with van der Waals surface area (Å²) in [5, 5.41) is 9.67. The summed E-state index contributed by atoms with van der Waals surface area (Å²) in [6.07, 6.45) is 3.27. The molecule has 0 unspecified atom stereocenters. The highest BCUT2D eigenvalue weighted by molar-refractivity contribution is 7.98. The molecule has 32 heavy (non-hydrogen) atoms. The second-order valence-electron chi connectivity index (χ2n) is 7.23. The third-order valence-corrected chi connectivity index (χ3v) is 5.99. The van der Waals surface area contributed by atoms with Gasteiger partial charge in [-0.2, -0.15) is 0 Å². The van der Waals surface area contributed by atoms with Crippen molar-refractivity contribution < 1.29 is 13.2 Å². The first-order valence-corrected chi connectivity index (χ1v) is 11.0. The average molecular weight is 447 g/mol. The number of nitrogens with zero attached hydrogens (tertiary/aromatic N) is 4. The summed E-state index contributed by atoms with van der Waals surface area (Å²) in [5.74, 6) is 2.32. The van der Waals surface area contributed by atoms with Crippen molar-refractivity contribution in [3.05, 3.63) is 96.0 Å². The minimum atomic E-state index is -0.295. The molecule has 5 rings (SSSR count). The van der Waals surface area contributed by atoms with Gasteiger partial charge in [-0.15, -0.1) is 10.2 Å². The number of hydrogen-bond acceptors (Lipinski definition) is 6. The summed E-state index contributed by atoms with van der Waals surface area (Å²) >= 11 is 1.52. The zero-order chi connectivity index (χ0) is 21.9. The largest absolute Gasteiger partial charge is 0.467 e. The SMILES string of the molecule is Cc1ccccc1-c1nnc(SCc2coc(-c3ccc(F)cc3)n2)n1Cc1ccco1. The quantitative estimate of drug-likeness (QED) is 0.286. The van der Waals surface area contributed by atoms with Gasteiger partial charge in [-0.1, -0.05) is 36.0 Å². The van der Waals surface area contributed by atoms with Gasteiger partial charge in [0, 0.05) is 16.9 Å². The van der Waals surface area contributed by atoms with Gasteiger partial charge in [0.25, 0.3) is 0 Å². The smallest absolute Gasteiger partial charge is 0.226 e. The van der Waals surface area contributed by atoms with Crippen molar-refractivity contribution in [1.82, 2.24) is 19.7 Å². The van der Waals surface area contributed by atoms with E-state index in [0.717, 1.165) is 39.1 Å². The standard InChI is InChI=1S/C24H19FN4O2S/c1-16-5-2-3-7-21(16)22-27-28-24(29(22)13-20-6-4-12-30-20)32-15-19-14-31-23(26-19)17-8-10-18(25)11-9-17/h2-12,14H,13,15H2,1H3. The van der Waals surface area contributed by atoms with Gasteiger partial charge in [0.2, 0.25) is 5.89 Å². The van der Waals surface area contributed by atoms with Crippen LogP contribution >= 0.6 is 11.8 Å². The van der Waals surface area contributed by atoms with Gasteiger partial charge in [0.15, 0.2) is 11.0 Å². The minimum Gasteiger partial charge on any atom is -0.467 e. The number of oxazole rings is 1. The van der Waals surface area contributed by atoms with Gasteiger partial charge in [-0.3, -0.25) is 4.57 Å². The van der Waals surface area contributed by atoms with Gasteiger partial charge in [-0.25, -0.2) is 9.37 Å². The highest BCUT2D eigenvalue weighted by Crippen LogP contribution is 2.29. The Bertz CT molecular complexity index is 1330. The van der Waals surface area contributed by atoms with Crippen molar-refractivity contribution in [3.63, 3.8) is 0 Å². The molecule has 0 radical (unpaired) electrons. The fraction of sp³-hybridized carbons (Fsp3) is 0.125. The normalized spacial score (nSPS) is 11.2. The summed E-state index contributed by atoms with van der Waals surface area (Å²) in [5.41, 5.74) is 3.64. The van der Waals surface area contributed by atoms with Crippen molar-refractivity contribution in [3.8, 4) is 22.8 Å². The molecule has 0 aliphatic rings. The summed E-state index contributed by atoms with van der Waals surface area (Å²) in [6, 6.07) is 18.0. The molecule has 0 saturated carbocycles. The van der Waals surface area contributed by atoms with Crippen LogP contribution in [0.5, 0.6) is 0 Å². The molecule has 8 heteroatoms. The maximum atomic E-state index is 13.2. The molecule has 2 aromatic carbocycles. The second kappa shape index (κ2) is 8.84. The summed E-state index contributed by atoms with van der Waals surface area (Å²) < 4.78 is 26.4. The number of aromatic nitrogens is 4. The molecule has 0 aliphatic carbocycles. The third-order valence-electron chi connectivity index (χ3n) is 4.99. The molecule has 0 spiro atoms. The van der Waals surface area contributed by atoms with Crippen LogP contribution in [0.3, 0.4) is 0 Å². The van der Waals surface area contributed by atoms with Gasteiger partial charge in [0.05, 0.1) is 18.5 Å². The van der Waals surface area contributed by atoms with Crippen LogP contribution in [-0.4, -0.2) is 19.7 Å². The lowest BCUT2D eigenvalue weighted by Crippen LogP contribution is -2.04. The predicted molar refractivity (Wildman–Crippen MR) is 119 cm³/mol. The Balaban J connectivity index is 1.40. The van der Waals surface area contributed by atoms with Crippen LogP contribution in [0, 0.1) is 12.7 Å². The van der Waals surface area contributed by atoms with Crippen molar-refractivity contribution in [2.24, 2.45) is 0 Å². The van der Waals surface area contributed by atoms with Crippen LogP contribution in [0.15, 0.2) is 87.2 Å². The number of rotatable bonds is 7. The molecule has 0 N–H and O–H groups in total. The summed E-state index contributed by atoms with van der Waals surface area (Å²) in [4.78, 5) is 4.52. The van der Waals surface area contributed by atoms with Crippen LogP contribution < -0.4 is 0 Å². The van der Waals surface area contributed by atoms with E-state index in [1.165, 1.54) is 23.9 Å². The van der Waals surface area contributed by atoms with Crippen LogP contribution in [0.4, 0.5) is 4.39 Å². The zero-order valence-electron chi connectivity index (χ0n) is 17.2. The molecule has 0 aliphatic heterocycles. The molecular weight excluding hydrogens is 427 g/mol. The molecule has 0 amide bonds. The highest BCUT2D eigenvalue weighted by atomic mass is 32.2. The van der Waals surface area contributed by atoms with Gasteiger partial charge in [0.1, 0.15) is 17.8 Å². The van der Waals surface area contributed by atoms with Crippen LogP contribution in [0.1, 0.15) is 17.0 Å². The van der Waals surface area contributed by atoms with E-state index in [4.69, 9.17) is 8.83 Å². The third kappa shape index (κ3) is 4.22. The van der Waals surface area contributed by atoms with Crippen molar-refractivity contribution >= 4 is 11.8 Å². The maximum Gasteiger partial charge on any atom is 0.226 e. The van der Waals surface area contributed by atoms with Gasteiger partial charge < -0.3 is 8.83 Å². The number of benzene rings is 2. The lowest BCUT2D eigenvalue weighted by atomic mass is 10.1. The van der Waals surface area contributed by atoms with E-state index in [9.17, 15) is 4.39 Å². The summed E-state index contributed by atoms with van der Waals surface area (Å²) in [6.45, 7) is 2.58. The van der Waals surface area contributed by atoms with Gasteiger partial charge in [-0.05, 0) is 48.9 Å². The lowest BCUT2D eigenvalue weighted by molar-refractivity contribution is 0.485. The van der Waals surface area contributed by atoms with Gasteiger partial charge >= 0.3 is 0 Å². The van der Waals surface area contributed by atoms with Crippen LogP contribution in [0.25, 0.3) is 22.8 Å². The topological polar surface area (TPSA) is 69.9 Å². The fourth-order valence-corrected chi connectivity index (χ4v) is 4.17. The number of halogens is 1. The first kappa shape index (κ1) is 20.3.